The quantitative estimate of drug-likeness (QED) is 0.755. The van der Waals surface area contributed by atoms with Crippen molar-refractivity contribution in [2.45, 2.75) is 59.4 Å². The van der Waals surface area contributed by atoms with Crippen LogP contribution in [0, 0.1) is 11.3 Å². The van der Waals surface area contributed by atoms with E-state index in [-0.39, 0.29) is 11.2 Å². The molecular formula is C14H30N2O2S. The van der Waals surface area contributed by atoms with Crippen molar-refractivity contribution in [2.75, 3.05) is 18.8 Å². The minimum Gasteiger partial charge on any atom is -0.314 e. The molecule has 4 nitrogen and oxygen atoms in total. The van der Waals surface area contributed by atoms with Gasteiger partial charge in [-0.05, 0) is 37.1 Å². The molecule has 0 aromatic heterocycles. The van der Waals surface area contributed by atoms with Gasteiger partial charge in [0.15, 0.2) is 0 Å². The summed E-state index contributed by atoms with van der Waals surface area (Å²) in [5, 5.41) is 3.39. The Morgan fingerprint density at radius 3 is 2.53 bits per heavy atom. The van der Waals surface area contributed by atoms with Crippen LogP contribution in [0.1, 0.15) is 53.4 Å². The SMILES string of the molecule is CC(C)C(C)(C)CNS(=O)(=O)CCC1CCCCN1. The lowest BCUT2D eigenvalue weighted by Gasteiger charge is -2.29. The Labute approximate surface area is 118 Å². The van der Waals surface area contributed by atoms with Gasteiger partial charge in [0.1, 0.15) is 0 Å². The highest BCUT2D eigenvalue weighted by atomic mass is 32.2. The van der Waals surface area contributed by atoms with E-state index in [0.717, 1.165) is 19.4 Å². The van der Waals surface area contributed by atoms with E-state index in [4.69, 9.17) is 0 Å². The Bertz CT molecular complexity index is 358. The molecule has 0 amide bonds. The smallest absolute Gasteiger partial charge is 0.211 e. The molecule has 0 bridgehead atoms. The molecule has 0 aliphatic carbocycles. The maximum atomic E-state index is 12.0. The van der Waals surface area contributed by atoms with Crippen LogP contribution in [0.15, 0.2) is 0 Å². The molecule has 2 N–H and O–H groups in total. The van der Waals surface area contributed by atoms with Gasteiger partial charge < -0.3 is 5.32 Å². The molecule has 1 aliphatic rings. The summed E-state index contributed by atoms with van der Waals surface area (Å²) in [6, 6.07) is 0.378. The number of hydrogen-bond acceptors (Lipinski definition) is 3. The average Bonchev–Trinajstić information content (AvgIpc) is 2.36. The molecule has 0 spiro atoms. The lowest BCUT2D eigenvalue weighted by molar-refractivity contribution is 0.252. The van der Waals surface area contributed by atoms with E-state index in [1.54, 1.807) is 0 Å². The van der Waals surface area contributed by atoms with Crippen LogP contribution in [-0.4, -0.2) is 33.3 Å². The van der Waals surface area contributed by atoms with Crippen LogP contribution in [0.25, 0.3) is 0 Å². The Morgan fingerprint density at radius 1 is 1.32 bits per heavy atom. The molecule has 0 aromatic rings. The van der Waals surface area contributed by atoms with Gasteiger partial charge in [-0.15, -0.1) is 0 Å². The first kappa shape index (κ1) is 16.9. The third-order valence-electron chi connectivity index (χ3n) is 4.46. The van der Waals surface area contributed by atoms with Gasteiger partial charge in [-0.3, -0.25) is 0 Å². The summed E-state index contributed by atoms with van der Waals surface area (Å²) < 4.78 is 26.8. The highest BCUT2D eigenvalue weighted by Crippen LogP contribution is 2.25. The largest absolute Gasteiger partial charge is 0.314 e. The minimum absolute atomic E-state index is 0.00381. The molecule has 0 aromatic carbocycles. The number of hydrogen-bond donors (Lipinski definition) is 2. The predicted octanol–water partition coefficient (Wildman–Crippen LogP) is 2.12. The Morgan fingerprint density at radius 2 is 2.00 bits per heavy atom. The fourth-order valence-corrected chi connectivity index (χ4v) is 3.37. The maximum absolute atomic E-state index is 12.0. The van der Waals surface area contributed by atoms with E-state index in [2.05, 4.69) is 37.7 Å². The molecule has 1 aliphatic heterocycles. The van der Waals surface area contributed by atoms with E-state index < -0.39 is 10.0 Å². The second kappa shape index (κ2) is 7.04. The molecule has 5 heteroatoms. The second-order valence-corrected chi connectivity index (χ2v) is 8.65. The molecule has 114 valence electrons. The lowest BCUT2D eigenvalue weighted by Crippen LogP contribution is -2.40. The van der Waals surface area contributed by atoms with E-state index in [0.29, 0.717) is 18.5 Å². The third kappa shape index (κ3) is 6.23. The molecule has 1 heterocycles. The Kier molecular flexibility index (Phi) is 6.27. The van der Waals surface area contributed by atoms with Crippen LogP contribution in [0.2, 0.25) is 0 Å². The van der Waals surface area contributed by atoms with Gasteiger partial charge >= 0.3 is 0 Å². The van der Waals surface area contributed by atoms with Crippen molar-refractivity contribution in [3.63, 3.8) is 0 Å². The van der Waals surface area contributed by atoms with Crippen molar-refractivity contribution in [3.05, 3.63) is 0 Å². The van der Waals surface area contributed by atoms with Crippen LogP contribution in [-0.2, 0) is 10.0 Å². The molecule has 1 atom stereocenters. The zero-order chi connectivity index (χ0) is 14.5. The lowest BCUT2D eigenvalue weighted by atomic mass is 9.81. The molecular weight excluding hydrogens is 260 g/mol. The van der Waals surface area contributed by atoms with Gasteiger partial charge in [0, 0.05) is 12.6 Å². The molecule has 0 radical (unpaired) electrons. The standard InChI is InChI=1S/C14H30N2O2S/c1-12(2)14(3,4)11-16-19(17,18)10-8-13-7-5-6-9-15-13/h12-13,15-16H,5-11H2,1-4H3. The fraction of sp³-hybridized carbons (Fsp3) is 1.00. The van der Waals surface area contributed by atoms with Crippen molar-refractivity contribution < 1.29 is 8.42 Å². The molecule has 19 heavy (non-hydrogen) atoms. The van der Waals surface area contributed by atoms with Gasteiger partial charge in [-0.25, -0.2) is 13.1 Å². The monoisotopic (exact) mass is 290 g/mol. The molecule has 1 saturated heterocycles. The van der Waals surface area contributed by atoms with Gasteiger partial charge in [0.25, 0.3) is 0 Å². The zero-order valence-electron chi connectivity index (χ0n) is 12.8. The summed E-state index contributed by atoms with van der Waals surface area (Å²) in [6.07, 6.45) is 4.25. The number of nitrogens with one attached hydrogen (secondary N) is 2. The number of piperidine rings is 1. The number of sulfonamides is 1. The fourth-order valence-electron chi connectivity index (χ4n) is 2.04. The first-order chi connectivity index (χ1) is 8.73. The summed E-state index contributed by atoms with van der Waals surface area (Å²) in [5.41, 5.74) is -0.00381. The van der Waals surface area contributed by atoms with Crippen molar-refractivity contribution in [1.82, 2.24) is 10.0 Å². The summed E-state index contributed by atoms with van der Waals surface area (Å²) in [6.45, 7) is 10.00. The van der Waals surface area contributed by atoms with Crippen LogP contribution >= 0.6 is 0 Å². The summed E-state index contributed by atoms with van der Waals surface area (Å²) in [4.78, 5) is 0. The Balaban J connectivity index is 2.35. The molecule has 1 unspecified atom stereocenters. The summed E-state index contributed by atoms with van der Waals surface area (Å²) in [5.74, 6) is 0.689. The normalized spacial score (nSPS) is 21.8. The van der Waals surface area contributed by atoms with Gasteiger partial charge in [-0.2, -0.15) is 0 Å². The van der Waals surface area contributed by atoms with Crippen molar-refractivity contribution in [1.29, 1.82) is 0 Å². The van der Waals surface area contributed by atoms with E-state index in [1.165, 1.54) is 12.8 Å². The van der Waals surface area contributed by atoms with E-state index >= 15 is 0 Å². The average molecular weight is 290 g/mol. The number of rotatable bonds is 7. The van der Waals surface area contributed by atoms with Crippen LogP contribution in [0.3, 0.4) is 0 Å². The summed E-state index contributed by atoms with van der Waals surface area (Å²) in [7, 11) is -3.14. The molecule has 0 saturated carbocycles. The van der Waals surface area contributed by atoms with Crippen LogP contribution in [0.4, 0.5) is 0 Å². The van der Waals surface area contributed by atoms with Gasteiger partial charge in [0.05, 0.1) is 5.75 Å². The topological polar surface area (TPSA) is 58.2 Å². The maximum Gasteiger partial charge on any atom is 0.211 e. The minimum atomic E-state index is -3.14. The van der Waals surface area contributed by atoms with Crippen molar-refractivity contribution in [2.24, 2.45) is 11.3 Å². The zero-order valence-corrected chi connectivity index (χ0v) is 13.6. The molecule has 1 fully saturated rings. The second-order valence-electron chi connectivity index (χ2n) is 6.72. The van der Waals surface area contributed by atoms with Crippen LogP contribution < -0.4 is 10.0 Å². The molecule has 1 rings (SSSR count). The summed E-state index contributed by atoms with van der Waals surface area (Å²) >= 11 is 0. The Hall–Kier alpha value is -0.130. The highest BCUT2D eigenvalue weighted by Gasteiger charge is 2.25. The van der Waals surface area contributed by atoms with Gasteiger partial charge in [0.2, 0.25) is 10.0 Å². The van der Waals surface area contributed by atoms with E-state index in [1.807, 2.05) is 0 Å². The van der Waals surface area contributed by atoms with Crippen LogP contribution in [0.5, 0.6) is 0 Å². The first-order valence-corrected chi connectivity index (χ1v) is 9.09. The van der Waals surface area contributed by atoms with Crippen molar-refractivity contribution in [3.8, 4) is 0 Å². The van der Waals surface area contributed by atoms with E-state index in [9.17, 15) is 8.42 Å². The predicted molar refractivity (Wildman–Crippen MR) is 80.7 cm³/mol. The highest BCUT2D eigenvalue weighted by molar-refractivity contribution is 7.89. The van der Waals surface area contributed by atoms with Gasteiger partial charge in [-0.1, -0.05) is 34.1 Å². The van der Waals surface area contributed by atoms with Crippen molar-refractivity contribution >= 4 is 10.0 Å². The first-order valence-electron chi connectivity index (χ1n) is 7.44. The third-order valence-corrected chi connectivity index (χ3v) is 5.82.